The molecule has 4 rings (SSSR count). The molecular weight excluding hydrogens is 443 g/mol. The molecule has 0 spiro atoms. The van der Waals surface area contributed by atoms with E-state index in [1.165, 1.54) is 6.07 Å². The van der Waals surface area contributed by atoms with E-state index in [-0.39, 0.29) is 15.7 Å². The van der Waals surface area contributed by atoms with Crippen molar-refractivity contribution in [3.63, 3.8) is 0 Å². The quantitative estimate of drug-likeness (QED) is 0.388. The summed E-state index contributed by atoms with van der Waals surface area (Å²) in [6.07, 6.45) is 1.66. The molecule has 2 aromatic carbocycles. The minimum absolute atomic E-state index is 0.121. The zero-order chi connectivity index (χ0) is 21.3. The number of halogens is 2. The van der Waals surface area contributed by atoms with Gasteiger partial charge in [0.2, 0.25) is 5.89 Å². The first-order valence-corrected chi connectivity index (χ1v) is 9.98. The summed E-state index contributed by atoms with van der Waals surface area (Å²) in [4.78, 5) is 21.1. The van der Waals surface area contributed by atoms with Gasteiger partial charge in [0.15, 0.2) is 16.3 Å². The number of carbonyl (C=O) groups excluding carboxylic acids is 1. The maximum atomic E-state index is 12.5. The Kier molecular flexibility index (Phi) is 5.67. The van der Waals surface area contributed by atoms with Crippen LogP contribution in [0.3, 0.4) is 0 Å². The average Bonchev–Trinajstić information content (AvgIpc) is 3.15. The molecule has 0 aliphatic heterocycles. The smallest absolute Gasteiger partial charge is 0.258 e. The minimum Gasteiger partial charge on any atom is -0.434 e. The number of pyridine rings is 1. The van der Waals surface area contributed by atoms with Crippen LogP contribution in [0, 0.1) is 6.92 Å². The van der Waals surface area contributed by atoms with E-state index in [1.54, 1.807) is 24.4 Å². The average molecular weight is 457 g/mol. The monoisotopic (exact) mass is 456 g/mol. The van der Waals surface area contributed by atoms with Gasteiger partial charge in [-0.05, 0) is 67.2 Å². The number of hydrogen-bond acceptors (Lipinski definition) is 5. The van der Waals surface area contributed by atoms with Gasteiger partial charge in [-0.3, -0.25) is 10.1 Å². The van der Waals surface area contributed by atoms with E-state index >= 15 is 0 Å². The number of fused-ring (bicyclic) bond motifs is 1. The molecule has 2 N–H and O–H groups in total. The normalized spacial score (nSPS) is 10.8. The maximum Gasteiger partial charge on any atom is 0.258 e. The van der Waals surface area contributed by atoms with Crippen LogP contribution in [0.5, 0.6) is 0 Å². The molecule has 9 heteroatoms. The zero-order valence-electron chi connectivity index (χ0n) is 15.6. The molecule has 6 nitrogen and oxygen atoms in total. The number of carbonyl (C=O) groups is 1. The number of amides is 1. The van der Waals surface area contributed by atoms with Crippen molar-refractivity contribution in [2.45, 2.75) is 6.92 Å². The van der Waals surface area contributed by atoms with Crippen molar-refractivity contribution in [2.24, 2.45) is 0 Å². The molecule has 30 heavy (non-hydrogen) atoms. The number of aromatic nitrogens is 2. The predicted octanol–water partition coefficient (Wildman–Crippen LogP) is 5.63. The Labute approximate surface area is 187 Å². The minimum atomic E-state index is -0.459. The van der Waals surface area contributed by atoms with Crippen LogP contribution in [0.1, 0.15) is 15.9 Å². The Morgan fingerprint density at radius 1 is 1.13 bits per heavy atom. The lowest BCUT2D eigenvalue weighted by atomic mass is 10.1. The number of rotatable bonds is 3. The molecule has 0 radical (unpaired) electrons. The molecule has 0 aliphatic carbocycles. The summed E-state index contributed by atoms with van der Waals surface area (Å²) in [7, 11) is 0. The molecule has 0 bridgehead atoms. The van der Waals surface area contributed by atoms with E-state index in [9.17, 15) is 4.79 Å². The largest absolute Gasteiger partial charge is 0.434 e. The number of oxazole rings is 1. The molecule has 2 aromatic heterocycles. The standard InChI is InChI=1S/C21H14Cl2N4O2S/c1-11-13(20-26-18-17(29-20)6-3-9-24-18)4-2-5-16(11)25-21(30)27-19(28)14-10-12(22)7-8-15(14)23/h2-10H,1H3,(H2,25,27,28,30). The van der Waals surface area contributed by atoms with E-state index in [0.717, 1.165) is 11.1 Å². The first kappa shape index (κ1) is 20.3. The van der Waals surface area contributed by atoms with Crippen molar-refractivity contribution in [3.8, 4) is 11.5 Å². The fourth-order valence-electron chi connectivity index (χ4n) is 2.88. The lowest BCUT2D eigenvalue weighted by molar-refractivity contribution is 0.0978. The predicted molar refractivity (Wildman–Crippen MR) is 122 cm³/mol. The summed E-state index contributed by atoms with van der Waals surface area (Å²) < 4.78 is 5.81. The first-order chi connectivity index (χ1) is 14.4. The number of anilines is 1. The summed E-state index contributed by atoms with van der Waals surface area (Å²) in [5.41, 5.74) is 3.70. The lowest BCUT2D eigenvalue weighted by Crippen LogP contribution is -2.34. The van der Waals surface area contributed by atoms with Crippen LogP contribution >= 0.6 is 35.4 Å². The van der Waals surface area contributed by atoms with Gasteiger partial charge in [-0.2, -0.15) is 4.98 Å². The highest BCUT2D eigenvalue weighted by Crippen LogP contribution is 2.30. The molecule has 0 aliphatic rings. The summed E-state index contributed by atoms with van der Waals surface area (Å²) in [6, 6.07) is 13.8. The second kappa shape index (κ2) is 8.39. The Balaban J connectivity index is 1.55. The van der Waals surface area contributed by atoms with Crippen LogP contribution in [0.2, 0.25) is 10.0 Å². The number of nitrogens with one attached hydrogen (secondary N) is 2. The van der Waals surface area contributed by atoms with Gasteiger partial charge < -0.3 is 9.73 Å². The van der Waals surface area contributed by atoms with Crippen LogP contribution in [0.15, 0.2) is 59.1 Å². The van der Waals surface area contributed by atoms with E-state index in [4.69, 9.17) is 39.8 Å². The highest BCUT2D eigenvalue weighted by Gasteiger charge is 2.16. The SMILES string of the molecule is Cc1c(NC(=S)NC(=O)c2cc(Cl)ccc2Cl)cccc1-c1nc2ncccc2o1. The molecule has 2 heterocycles. The van der Waals surface area contributed by atoms with Crippen molar-refractivity contribution >= 4 is 63.4 Å². The topological polar surface area (TPSA) is 80.0 Å². The van der Waals surface area contributed by atoms with Gasteiger partial charge in [0.1, 0.15) is 0 Å². The number of thiocarbonyl (C=S) groups is 1. The third-order valence-corrected chi connectivity index (χ3v) is 5.15. The van der Waals surface area contributed by atoms with E-state index in [1.807, 2.05) is 31.2 Å². The number of benzene rings is 2. The molecule has 0 atom stereocenters. The lowest BCUT2D eigenvalue weighted by Gasteiger charge is -2.14. The van der Waals surface area contributed by atoms with Crippen molar-refractivity contribution in [1.82, 2.24) is 15.3 Å². The van der Waals surface area contributed by atoms with Crippen LogP contribution in [0.25, 0.3) is 22.7 Å². The highest BCUT2D eigenvalue weighted by molar-refractivity contribution is 7.80. The Hall–Kier alpha value is -3.00. The zero-order valence-corrected chi connectivity index (χ0v) is 17.9. The fourth-order valence-corrected chi connectivity index (χ4v) is 3.46. The molecule has 0 saturated carbocycles. The third kappa shape index (κ3) is 4.14. The second-order valence-corrected chi connectivity index (χ2v) is 7.61. The summed E-state index contributed by atoms with van der Waals surface area (Å²) in [6.45, 7) is 1.90. The number of nitrogens with zero attached hydrogens (tertiary/aromatic N) is 2. The van der Waals surface area contributed by atoms with Crippen molar-refractivity contribution in [3.05, 3.63) is 75.9 Å². The third-order valence-electron chi connectivity index (χ3n) is 4.38. The van der Waals surface area contributed by atoms with Crippen molar-refractivity contribution < 1.29 is 9.21 Å². The van der Waals surface area contributed by atoms with Crippen LogP contribution < -0.4 is 10.6 Å². The van der Waals surface area contributed by atoms with Gasteiger partial charge in [-0.25, -0.2) is 4.98 Å². The Morgan fingerprint density at radius 2 is 1.97 bits per heavy atom. The van der Waals surface area contributed by atoms with Gasteiger partial charge in [-0.15, -0.1) is 0 Å². The van der Waals surface area contributed by atoms with E-state index < -0.39 is 5.91 Å². The molecule has 0 unspecified atom stereocenters. The maximum absolute atomic E-state index is 12.5. The van der Waals surface area contributed by atoms with Crippen molar-refractivity contribution in [1.29, 1.82) is 0 Å². The summed E-state index contributed by atoms with van der Waals surface area (Å²) in [5.74, 6) is -0.00986. The molecule has 1 amide bonds. The van der Waals surface area contributed by atoms with Gasteiger partial charge in [-0.1, -0.05) is 29.3 Å². The highest BCUT2D eigenvalue weighted by atomic mass is 35.5. The second-order valence-electron chi connectivity index (χ2n) is 6.35. The van der Waals surface area contributed by atoms with Gasteiger partial charge in [0.05, 0.1) is 10.6 Å². The fraction of sp³-hybridized carbons (Fsp3) is 0.0476. The van der Waals surface area contributed by atoms with Gasteiger partial charge >= 0.3 is 0 Å². The van der Waals surface area contributed by atoms with Crippen LogP contribution in [-0.4, -0.2) is 21.0 Å². The Morgan fingerprint density at radius 3 is 2.77 bits per heavy atom. The van der Waals surface area contributed by atoms with Crippen molar-refractivity contribution in [2.75, 3.05) is 5.32 Å². The molecule has 150 valence electrons. The van der Waals surface area contributed by atoms with Gasteiger partial charge in [0.25, 0.3) is 5.91 Å². The molecular formula is C21H14Cl2N4O2S. The van der Waals surface area contributed by atoms with E-state index in [0.29, 0.717) is 27.8 Å². The number of hydrogen-bond donors (Lipinski definition) is 2. The van der Waals surface area contributed by atoms with E-state index in [2.05, 4.69) is 20.6 Å². The Bertz CT molecular complexity index is 1260. The van der Waals surface area contributed by atoms with Gasteiger partial charge in [0, 0.05) is 22.5 Å². The molecule has 4 aromatic rings. The van der Waals surface area contributed by atoms with Crippen LogP contribution in [0.4, 0.5) is 5.69 Å². The first-order valence-electron chi connectivity index (χ1n) is 8.81. The molecule has 0 fully saturated rings. The molecule has 0 saturated heterocycles. The summed E-state index contributed by atoms with van der Waals surface area (Å²) >= 11 is 17.3. The summed E-state index contributed by atoms with van der Waals surface area (Å²) in [5, 5.41) is 6.44. The van der Waals surface area contributed by atoms with Crippen LogP contribution in [-0.2, 0) is 0 Å².